The average molecular weight is 497 g/mol. The Bertz CT molecular complexity index is 933. The summed E-state index contributed by atoms with van der Waals surface area (Å²) in [6, 6.07) is 13.1. The summed E-state index contributed by atoms with van der Waals surface area (Å²) in [5.41, 5.74) is 0.793. The molecule has 0 aliphatic rings. The molecule has 0 aromatic heterocycles. The minimum Gasteiger partial charge on any atom is -0.494 e. The van der Waals surface area contributed by atoms with Gasteiger partial charge >= 0.3 is 11.9 Å². The van der Waals surface area contributed by atoms with Gasteiger partial charge in [-0.05, 0) is 68.3 Å². The molecule has 36 heavy (non-hydrogen) atoms. The van der Waals surface area contributed by atoms with E-state index in [1.807, 2.05) is 0 Å². The summed E-state index contributed by atoms with van der Waals surface area (Å²) in [7, 11) is 0. The van der Waals surface area contributed by atoms with E-state index in [4.69, 9.17) is 14.2 Å². The molecule has 0 saturated carbocycles. The molecule has 1 unspecified atom stereocenters. The van der Waals surface area contributed by atoms with E-state index in [9.17, 15) is 14.4 Å². The maximum Gasteiger partial charge on any atom is 0.343 e. The third-order valence-corrected chi connectivity index (χ3v) is 5.87. The Morgan fingerprint density at radius 1 is 0.694 bits per heavy atom. The summed E-state index contributed by atoms with van der Waals surface area (Å²) in [4.78, 5) is 36.9. The molecule has 196 valence electrons. The second kappa shape index (κ2) is 16.5. The van der Waals surface area contributed by atoms with Crippen molar-refractivity contribution in [3.05, 3.63) is 59.7 Å². The van der Waals surface area contributed by atoms with Gasteiger partial charge in [0, 0.05) is 12.0 Å². The van der Waals surface area contributed by atoms with Gasteiger partial charge in [0.2, 0.25) is 5.78 Å². The minimum absolute atomic E-state index is 0.298. The number of ether oxygens (including phenoxy) is 3. The van der Waals surface area contributed by atoms with Crippen molar-refractivity contribution in [1.82, 2.24) is 0 Å². The van der Waals surface area contributed by atoms with Crippen molar-refractivity contribution in [2.24, 2.45) is 0 Å². The number of Topliss-reactive ketones (excluding diaryl/α,β-unsaturated/α-hetero) is 1. The maximum atomic E-state index is 12.6. The van der Waals surface area contributed by atoms with E-state index in [2.05, 4.69) is 13.8 Å². The lowest BCUT2D eigenvalue weighted by atomic mass is 10.1. The Balaban J connectivity index is 1.78. The molecule has 0 aliphatic carbocycles. The highest BCUT2D eigenvalue weighted by Crippen LogP contribution is 2.18. The van der Waals surface area contributed by atoms with Gasteiger partial charge in [-0.25, -0.2) is 4.79 Å². The van der Waals surface area contributed by atoms with Crippen molar-refractivity contribution in [3.63, 3.8) is 0 Å². The Hall–Kier alpha value is -3.15. The quantitative estimate of drug-likeness (QED) is 0.0986. The fourth-order valence-electron chi connectivity index (χ4n) is 3.68. The summed E-state index contributed by atoms with van der Waals surface area (Å²) < 4.78 is 16.4. The molecule has 0 bridgehead atoms. The molecular formula is C30H40O6. The second-order valence-corrected chi connectivity index (χ2v) is 9.01. The van der Waals surface area contributed by atoms with Crippen molar-refractivity contribution in [1.29, 1.82) is 0 Å². The molecule has 2 rings (SSSR count). The first-order chi connectivity index (χ1) is 17.4. The number of benzene rings is 2. The van der Waals surface area contributed by atoms with Gasteiger partial charge in [-0.1, -0.05) is 58.8 Å². The van der Waals surface area contributed by atoms with Crippen LogP contribution in [0.25, 0.3) is 0 Å². The summed E-state index contributed by atoms with van der Waals surface area (Å²) in [6.07, 6.45) is 9.40. The Kier molecular flexibility index (Phi) is 13.3. The standard InChI is InChI=1S/C30H40O6/c1-4-6-8-9-10-12-22-34-26-18-16-25(17-19-26)30(33)36-27-20-14-24(15-21-27)29(32)23(3)35-28(31)13-11-7-5-2/h14-21,23H,4-13,22H2,1-3H3. The molecule has 1 atom stereocenters. The van der Waals surface area contributed by atoms with E-state index in [0.29, 0.717) is 29.9 Å². The van der Waals surface area contributed by atoms with E-state index >= 15 is 0 Å². The minimum atomic E-state index is -0.866. The number of ketones is 1. The van der Waals surface area contributed by atoms with Crippen molar-refractivity contribution in [3.8, 4) is 11.5 Å². The molecule has 0 heterocycles. The van der Waals surface area contributed by atoms with Crippen LogP contribution < -0.4 is 9.47 Å². The lowest BCUT2D eigenvalue weighted by molar-refractivity contribution is -0.146. The highest BCUT2D eigenvalue weighted by molar-refractivity contribution is 6.00. The molecule has 0 fully saturated rings. The maximum absolute atomic E-state index is 12.6. The zero-order chi connectivity index (χ0) is 26.2. The Labute approximate surface area is 215 Å². The first kappa shape index (κ1) is 29.1. The highest BCUT2D eigenvalue weighted by Gasteiger charge is 2.19. The van der Waals surface area contributed by atoms with Crippen LogP contribution in [-0.2, 0) is 9.53 Å². The van der Waals surface area contributed by atoms with Crippen LogP contribution in [0.4, 0.5) is 0 Å². The number of esters is 2. The molecule has 6 nitrogen and oxygen atoms in total. The van der Waals surface area contributed by atoms with Crippen molar-refractivity contribution in [2.45, 2.75) is 91.1 Å². The van der Waals surface area contributed by atoms with Gasteiger partial charge in [0.05, 0.1) is 12.2 Å². The molecule has 0 radical (unpaired) electrons. The number of carbonyl (C=O) groups excluding carboxylic acids is 3. The summed E-state index contributed by atoms with van der Waals surface area (Å²) in [5.74, 6) is -0.111. The number of carbonyl (C=O) groups is 3. The van der Waals surface area contributed by atoms with Crippen molar-refractivity contribution in [2.75, 3.05) is 6.61 Å². The van der Waals surface area contributed by atoms with Gasteiger partial charge in [-0.3, -0.25) is 9.59 Å². The molecule has 0 spiro atoms. The molecule has 0 N–H and O–H groups in total. The smallest absolute Gasteiger partial charge is 0.343 e. The fourth-order valence-corrected chi connectivity index (χ4v) is 3.68. The SMILES string of the molecule is CCCCCCCCOc1ccc(C(=O)Oc2ccc(C(=O)C(C)OC(=O)CCCCC)cc2)cc1. The topological polar surface area (TPSA) is 78.9 Å². The first-order valence-corrected chi connectivity index (χ1v) is 13.2. The summed E-state index contributed by atoms with van der Waals surface area (Å²) >= 11 is 0. The van der Waals surface area contributed by atoms with Gasteiger partial charge < -0.3 is 14.2 Å². The highest BCUT2D eigenvalue weighted by atomic mass is 16.5. The van der Waals surface area contributed by atoms with Crippen LogP contribution in [0, 0.1) is 0 Å². The van der Waals surface area contributed by atoms with Crippen LogP contribution in [0.5, 0.6) is 11.5 Å². The molecule has 2 aromatic rings. The van der Waals surface area contributed by atoms with Gasteiger partial charge in [0.25, 0.3) is 0 Å². The molecular weight excluding hydrogens is 456 g/mol. The van der Waals surface area contributed by atoms with Gasteiger partial charge in [-0.2, -0.15) is 0 Å². The number of rotatable bonds is 17. The van der Waals surface area contributed by atoms with E-state index in [0.717, 1.165) is 37.9 Å². The lowest BCUT2D eigenvalue weighted by Crippen LogP contribution is -2.24. The number of unbranched alkanes of at least 4 members (excludes halogenated alkanes) is 7. The predicted octanol–water partition coefficient (Wildman–Crippen LogP) is 7.34. The fraction of sp³-hybridized carbons (Fsp3) is 0.500. The van der Waals surface area contributed by atoms with Crippen molar-refractivity contribution < 1.29 is 28.6 Å². The molecule has 0 aliphatic heterocycles. The van der Waals surface area contributed by atoms with Gasteiger partial charge in [-0.15, -0.1) is 0 Å². The van der Waals surface area contributed by atoms with Crippen LogP contribution in [0.1, 0.15) is 106 Å². The van der Waals surface area contributed by atoms with Gasteiger partial charge in [0.15, 0.2) is 6.10 Å². The normalized spacial score (nSPS) is 11.5. The van der Waals surface area contributed by atoms with Crippen LogP contribution in [-0.4, -0.2) is 30.4 Å². The lowest BCUT2D eigenvalue weighted by Gasteiger charge is -2.13. The van der Waals surface area contributed by atoms with E-state index < -0.39 is 12.1 Å². The zero-order valence-corrected chi connectivity index (χ0v) is 21.9. The van der Waals surface area contributed by atoms with E-state index in [-0.39, 0.29) is 11.8 Å². The average Bonchev–Trinajstić information content (AvgIpc) is 2.88. The largest absolute Gasteiger partial charge is 0.494 e. The van der Waals surface area contributed by atoms with Gasteiger partial charge in [0.1, 0.15) is 11.5 Å². The number of hydrogen-bond donors (Lipinski definition) is 0. The first-order valence-electron chi connectivity index (χ1n) is 13.2. The zero-order valence-electron chi connectivity index (χ0n) is 21.9. The second-order valence-electron chi connectivity index (χ2n) is 9.01. The molecule has 0 saturated heterocycles. The number of hydrogen-bond acceptors (Lipinski definition) is 6. The predicted molar refractivity (Wildman–Crippen MR) is 141 cm³/mol. The van der Waals surface area contributed by atoms with Crippen LogP contribution in [0.3, 0.4) is 0 Å². The Morgan fingerprint density at radius 2 is 1.25 bits per heavy atom. The van der Waals surface area contributed by atoms with Crippen LogP contribution in [0.2, 0.25) is 0 Å². The summed E-state index contributed by atoms with van der Waals surface area (Å²) in [6.45, 7) is 6.49. The van der Waals surface area contributed by atoms with Crippen LogP contribution in [0.15, 0.2) is 48.5 Å². The summed E-state index contributed by atoms with van der Waals surface area (Å²) in [5, 5.41) is 0. The monoisotopic (exact) mass is 496 g/mol. The molecule has 2 aromatic carbocycles. The molecule has 6 heteroatoms. The van der Waals surface area contributed by atoms with Crippen molar-refractivity contribution >= 4 is 17.7 Å². The third-order valence-electron chi connectivity index (χ3n) is 5.87. The third kappa shape index (κ3) is 10.6. The van der Waals surface area contributed by atoms with E-state index in [1.165, 1.54) is 25.7 Å². The van der Waals surface area contributed by atoms with Crippen LogP contribution >= 0.6 is 0 Å². The Morgan fingerprint density at radius 3 is 1.92 bits per heavy atom. The van der Waals surface area contributed by atoms with E-state index in [1.54, 1.807) is 55.5 Å². The molecule has 0 amide bonds.